The van der Waals surface area contributed by atoms with Crippen molar-refractivity contribution in [3.8, 4) is 0 Å². The molecular weight excluding hydrogens is 288 g/mol. The maximum absolute atomic E-state index is 12.3. The van der Waals surface area contributed by atoms with Crippen molar-refractivity contribution in [3.05, 3.63) is 35.9 Å². The highest BCUT2D eigenvalue weighted by atomic mass is 32.2. The van der Waals surface area contributed by atoms with Gasteiger partial charge in [-0.1, -0.05) is 30.3 Å². The van der Waals surface area contributed by atoms with Crippen molar-refractivity contribution >= 4 is 15.9 Å². The second kappa shape index (κ2) is 5.67. The van der Waals surface area contributed by atoms with Gasteiger partial charge in [-0.2, -0.15) is 0 Å². The second-order valence-electron chi connectivity index (χ2n) is 5.81. The van der Waals surface area contributed by atoms with E-state index in [1.54, 1.807) is 4.90 Å². The molecule has 1 aromatic rings. The van der Waals surface area contributed by atoms with Gasteiger partial charge < -0.3 is 10.2 Å². The number of carbonyl (C=O) groups is 1. The van der Waals surface area contributed by atoms with Crippen molar-refractivity contribution in [2.75, 3.05) is 24.6 Å². The van der Waals surface area contributed by atoms with Gasteiger partial charge in [-0.05, 0) is 24.3 Å². The van der Waals surface area contributed by atoms with Crippen LogP contribution in [0, 0.1) is 5.92 Å². The summed E-state index contributed by atoms with van der Waals surface area (Å²) in [4.78, 5) is 14.0. The van der Waals surface area contributed by atoms with Crippen molar-refractivity contribution in [2.45, 2.75) is 18.9 Å². The van der Waals surface area contributed by atoms with Gasteiger partial charge in [0.15, 0.2) is 9.84 Å². The van der Waals surface area contributed by atoms with E-state index in [-0.39, 0.29) is 23.6 Å². The minimum absolute atomic E-state index is 0.0391. The van der Waals surface area contributed by atoms with Crippen LogP contribution in [0.1, 0.15) is 24.4 Å². The van der Waals surface area contributed by atoms with E-state index in [1.807, 2.05) is 30.3 Å². The SMILES string of the molecule is O=C(NC(c1ccccc1)C1CC1)N1CCS(=O)(=O)CC1. The molecule has 2 aliphatic rings. The zero-order chi connectivity index (χ0) is 14.9. The molecule has 6 heteroatoms. The maximum atomic E-state index is 12.3. The molecule has 1 unspecified atom stereocenters. The van der Waals surface area contributed by atoms with E-state index in [0.29, 0.717) is 19.0 Å². The van der Waals surface area contributed by atoms with Gasteiger partial charge in [-0.25, -0.2) is 13.2 Å². The summed E-state index contributed by atoms with van der Waals surface area (Å²) in [6.07, 6.45) is 2.27. The van der Waals surface area contributed by atoms with E-state index in [0.717, 1.165) is 18.4 Å². The first-order valence-corrected chi connectivity index (χ1v) is 9.18. The number of rotatable bonds is 3. The summed E-state index contributed by atoms with van der Waals surface area (Å²) in [6, 6.07) is 9.87. The van der Waals surface area contributed by atoms with Gasteiger partial charge in [0.1, 0.15) is 0 Å². The normalized spacial score (nSPS) is 22.6. The fraction of sp³-hybridized carbons (Fsp3) is 0.533. The van der Waals surface area contributed by atoms with E-state index < -0.39 is 9.84 Å². The standard InChI is InChI=1S/C15H20N2O3S/c18-15(17-8-10-21(19,20)11-9-17)16-14(13-6-7-13)12-4-2-1-3-5-12/h1-5,13-14H,6-11H2,(H,16,18). The highest BCUT2D eigenvalue weighted by Gasteiger charge is 2.35. The van der Waals surface area contributed by atoms with Crippen LogP contribution in [0.25, 0.3) is 0 Å². The first-order valence-electron chi connectivity index (χ1n) is 7.36. The number of carbonyl (C=O) groups excluding carboxylic acids is 1. The smallest absolute Gasteiger partial charge is 0.317 e. The molecular formula is C15H20N2O3S. The molecule has 0 aromatic heterocycles. The van der Waals surface area contributed by atoms with Crippen LogP contribution in [-0.4, -0.2) is 43.9 Å². The molecule has 114 valence electrons. The van der Waals surface area contributed by atoms with Crippen molar-refractivity contribution in [1.82, 2.24) is 10.2 Å². The molecule has 1 aliphatic heterocycles. The third-order valence-electron chi connectivity index (χ3n) is 4.16. The molecule has 1 aliphatic carbocycles. The summed E-state index contributed by atoms with van der Waals surface area (Å²) in [5, 5.41) is 3.08. The number of urea groups is 1. The molecule has 21 heavy (non-hydrogen) atoms. The van der Waals surface area contributed by atoms with Gasteiger partial charge in [-0.15, -0.1) is 0 Å². The van der Waals surface area contributed by atoms with E-state index in [2.05, 4.69) is 5.32 Å². The summed E-state index contributed by atoms with van der Waals surface area (Å²) in [5.41, 5.74) is 1.12. The highest BCUT2D eigenvalue weighted by Crippen LogP contribution is 2.41. The molecule has 1 atom stereocenters. The third kappa shape index (κ3) is 3.56. The monoisotopic (exact) mass is 308 g/mol. The van der Waals surface area contributed by atoms with Gasteiger partial charge in [-0.3, -0.25) is 0 Å². The van der Waals surface area contributed by atoms with Crippen LogP contribution in [0.2, 0.25) is 0 Å². The lowest BCUT2D eigenvalue weighted by Gasteiger charge is -2.29. The number of benzene rings is 1. The summed E-state index contributed by atoms with van der Waals surface area (Å²) in [6.45, 7) is 0.584. The number of nitrogens with one attached hydrogen (secondary N) is 1. The topological polar surface area (TPSA) is 66.5 Å². The van der Waals surface area contributed by atoms with Crippen LogP contribution in [0.4, 0.5) is 4.79 Å². The lowest BCUT2D eigenvalue weighted by atomic mass is 10.0. The number of hydrogen-bond acceptors (Lipinski definition) is 3. The minimum Gasteiger partial charge on any atom is -0.331 e. The summed E-state index contributed by atoms with van der Waals surface area (Å²) >= 11 is 0. The highest BCUT2D eigenvalue weighted by molar-refractivity contribution is 7.91. The van der Waals surface area contributed by atoms with Crippen molar-refractivity contribution in [2.24, 2.45) is 5.92 Å². The second-order valence-corrected chi connectivity index (χ2v) is 8.12. The zero-order valence-corrected chi connectivity index (χ0v) is 12.7. The summed E-state index contributed by atoms with van der Waals surface area (Å²) in [5.74, 6) is 0.643. The number of sulfone groups is 1. The summed E-state index contributed by atoms with van der Waals surface area (Å²) in [7, 11) is -2.96. The van der Waals surface area contributed by atoms with Crippen LogP contribution in [0.15, 0.2) is 30.3 Å². The molecule has 1 aromatic carbocycles. The first-order chi connectivity index (χ1) is 10.1. The lowest BCUT2D eigenvalue weighted by Crippen LogP contribution is -2.49. The quantitative estimate of drug-likeness (QED) is 0.922. The Hall–Kier alpha value is -1.56. The van der Waals surface area contributed by atoms with Crippen LogP contribution in [-0.2, 0) is 9.84 Å². The molecule has 1 saturated heterocycles. The lowest BCUT2D eigenvalue weighted by molar-refractivity contribution is 0.196. The molecule has 1 saturated carbocycles. The Morgan fingerprint density at radius 2 is 1.76 bits per heavy atom. The molecule has 2 fully saturated rings. The molecule has 0 bridgehead atoms. The molecule has 0 spiro atoms. The Balaban J connectivity index is 1.65. The predicted molar refractivity (Wildman–Crippen MR) is 80.7 cm³/mol. The molecule has 0 radical (unpaired) electrons. The van der Waals surface area contributed by atoms with Crippen LogP contribution in [0.3, 0.4) is 0 Å². The molecule has 2 amide bonds. The average Bonchev–Trinajstić information content (AvgIpc) is 3.30. The van der Waals surface area contributed by atoms with Crippen LogP contribution >= 0.6 is 0 Å². The number of hydrogen-bond donors (Lipinski definition) is 1. The van der Waals surface area contributed by atoms with Crippen molar-refractivity contribution < 1.29 is 13.2 Å². The van der Waals surface area contributed by atoms with E-state index in [9.17, 15) is 13.2 Å². The Morgan fingerprint density at radius 3 is 2.33 bits per heavy atom. The fourth-order valence-corrected chi connectivity index (χ4v) is 3.90. The minimum atomic E-state index is -2.96. The maximum Gasteiger partial charge on any atom is 0.317 e. The molecule has 3 rings (SSSR count). The molecule has 1 N–H and O–H groups in total. The average molecular weight is 308 g/mol. The van der Waals surface area contributed by atoms with E-state index in [1.165, 1.54) is 0 Å². The van der Waals surface area contributed by atoms with Crippen molar-refractivity contribution in [1.29, 1.82) is 0 Å². The van der Waals surface area contributed by atoms with Crippen LogP contribution < -0.4 is 5.32 Å². The Labute approximate surface area is 125 Å². The Morgan fingerprint density at radius 1 is 1.14 bits per heavy atom. The Kier molecular flexibility index (Phi) is 3.89. The fourth-order valence-electron chi connectivity index (χ4n) is 2.70. The Bertz CT molecular complexity index is 597. The third-order valence-corrected chi connectivity index (χ3v) is 5.77. The zero-order valence-electron chi connectivity index (χ0n) is 11.9. The molecule has 1 heterocycles. The summed E-state index contributed by atoms with van der Waals surface area (Å²) < 4.78 is 22.8. The van der Waals surface area contributed by atoms with Crippen LogP contribution in [0.5, 0.6) is 0 Å². The predicted octanol–water partition coefficient (Wildman–Crippen LogP) is 1.58. The van der Waals surface area contributed by atoms with E-state index >= 15 is 0 Å². The first kappa shape index (κ1) is 14.4. The van der Waals surface area contributed by atoms with Gasteiger partial charge >= 0.3 is 6.03 Å². The number of nitrogens with zero attached hydrogens (tertiary/aromatic N) is 1. The largest absolute Gasteiger partial charge is 0.331 e. The molecule has 5 nitrogen and oxygen atoms in total. The van der Waals surface area contributed by atoms with Gasteiger partial charge in [0.25, 0.3) is 0 Å². The van der Waals surface area contributed by atoms with Gasteiger partial charge in [0.05, 0.1) is 17.5 Å². The van der Waals surface area contributed by atoms with Gasteiger partial charge in [0, 0.05) is 13.1 Å². The number of amides is 2. The van der Waals surface area contributed by atoms with Gasteiger partial charge in [0.2, 0.25) is 0 Å². The van der Waals surface area contributed by atoms with E-state index in [4.69, 9.17) is 0 Å². The van der Waals surface area contributed by atoms with Crippen molar-refractivity contribution in [3.63, 3.8) is 0 Å².